The molecule has 1 heterocycles. The summed E-state index contributed by atoms with van der Waals surface area (Å²) in [5, 5.41) is 14.9. The van der Waals surface area contributed by atoms with E-state index in [-0.39, 0.29) is 0 Å². The third-order valence-corrected chi connectivity index (χ3v) is 5.41. The molecule has 0 aliphatic heterocycles. The van der Waals surface area contributed by atoms with Crippen LogP contribution in [-0.4, -0.2) is 10.3 Å². The molecule has 1 atom stereocenters. The molecule has 4 rings (SSSR count). The van der Waals surface area contributed by atoms with Crippen LogP contribution in [0.25, 0.3) is 17.4 Å². The summed E-state index contributed by atoms with van der Waals surface area (Å²) in [4.78, 5) is 0. The first-order valence-electron chi connectivity index (χ1n) is 10.00. The van der Waals surface area contributed by atoms with E-state index in [0.29, 0.717) is 17.9 Å². The highest BCUT2D eigenvalue weighted by Gasteiger charge is 2.21. The van der Waals surface area contributed by atoms with Crippen LogP contribution >= 0.6 is 15.9 Å². The van der Waals surface area contributed by atoms with Crippen LogP contribution in [0.15, 0.2) is 93.9 Å². The predicted molar refractivity (Wildman–Crippen MR) is 126 cm³/mol. The highest BCUT2D eigenvalue weighted by atomic mass is 79.9. The van der Waals surface area contributed by atoms with Gasteiger partial charge < -0.3 is 14.4 Å². The van der Waals surface area contributed by atoms with Crippen molar-refractivity contribution in [2.45, 2.75) is 19.4 Å². The molecular formula is C26H22BrNO3. The van der Waals surface area contributed by atoms with E-state index in [9.17, 15) is 5.11 Å². The summed E-state index contributed by atoms with van der Waals surface area (Å²) in [5.41, 5.74) is 3.33. The molecular weight excluding hydrogens is 454 g/mol. The lowest BCUT2D eigenvalue weighted by Gasteiger charge is -2.09. The second-order valence-corrected chi connectivity index (χ2v) is 8.07. The van der Waals surface area contributed by atoms with Gasteiger partial charge in [-0.1, -0.05) is 75.7 Å². The van der Waals surface area contributed by atoms with Crippen LogP contribution in [0.1, 0.15) is 29.3 Å². The Morgan fingerprint density at radius 2 is 1.65 bits per heavy atom. The molecule has 0 fully saturated rings. The minimum absolute atomic E-state index is 0.452. The zero-order chi connectivity index (χ0) is 21.6. The molecule has 0 aliphatic carbocycles. The Morgan fingerprint density at radius 1 is 0.968 bits per heavy atom. The Morgan fingerprint density at radius 3 is 2.35 bits per heavy atom. The van der Waals surface area contributed by atoms with E-state index >= 15 is 0 Å². The SMILES string of the molecule is Cc1noc(-c2ccc(Br)cc2)c1C(O)CC=Cc1ccc(Oc2ccccc2)cc1. The number of hydrogen-bond acceptors (Lipinski definition) is 4. The summed E-state index contributed by atoms with van der Waals surface area (Å²) in [6, 6.07) is 25.3. The quantitative estimate of drug-likeness (QED) is 0.303. The third kappa shape index (κ3) is 5.32. The Hall–Kier alpha value is -3.15. The molecule has 156 valence electrons. The minimum Gasteiger partial charge on any atom is -0.457 e. The Balaban J connectivity index is 1.41. The number of rotatable bonds is 7. The normalized spacial score (nSPS) is 12.2. The molecule has 0 spiro atoms. The van der Waals surface area contributed by atoms with Crippen molar-refractivity contribution in [3.8, 4) is 22.8 Å². The lowest BCUT2D eigenvalue weighted by Crippen LogP contribution is -1.98. The number of halogens is 1. The maximum absolute atomic E-state index is 10.8. The molecule has 1 aromatic heterocycles. The molecule has 0 saturated carbocycles. The predicted octanol–water partition coefficient (Wildman–Crippen LogP) is 7.34. The lowest BCUT2D eigenvalue weighted by molar-refractivity contribution is 0.181. The first-order chi connectivity index (χ1) is 15.1. The van der Waals surface area contributed by atoms with E-state index in [0.717, 1.165) is 32.7 Å². The minimum atomic E-state index is -0.707. The Kier molecular flexibility index (Phi) is 6.65. The molecule has 5 heteroatoms. The van der Waals surface area contributed by atoms with Gasteiger partial charge in [0.1, 0.15) is 11.5 Å². The molecule has 1 unspecified atom stereocenters. The number of aliphatic hydroxyl groups is 1. The average Bonchev–Trinajstić information content (AvgIpc) is 3.17. The second kappa shape index (κ2) is 9.77. The fraction of sp³-hybridized carbons (Fsp3) is 0.115. The molecule has 0 aliphatic rings. The standard InChI is InChI=1S/C26H22BrNO3/c1-18-25(26(31-28-18)20-12-14-21(27)15-13-20)24(29)9-5-6-19-10-16-23(17-11-19)30-22-7-3-2-4-8-22/h2-8,10-17,24,29H,9H2,1H3. The number of aryl methyl sites for hydroxylation is 1. The van der Waals surface area contributed by atoms with Crippen LogP contribution in [0.5, 0.6) is 11.5 Å². The van der Waals surface area contributed by atoms with Crippen LogP contribution in [0, 0.1) is 6.92 Å². The van der Waals surface area contributed by atoms with Crippen molar-refractivity contribution < 1.29 is 14.4 Å². The van der Waals surface area contributed by atoms with Gasteiger partial charge in [0.2, 0.25) is 0 Å². The Labute approximate surface area is 189 Å². The molecule has 3 aromatic carbocycles. The number of benzene rings is 3. The van der Waals surface area contributed by atoms with Crippen LogP contribution in [0.2, 0.25) is 0 Å². The average molecular weight is 476 g/mol. The van der Waals surface area contributed by atoms with Gasteiger partial charge in [0.05, 0.1) is 17.4 Å². The van der Waals surface area contributed by atoms with Gasteiger partial charge in [-0.15, -0.1) is 0 Å². The van der Waals surface area contributed by atoms with Gasteiger partial charge in [-0.3, -0.25) is 0 Å². The fourth-order valence-electron chi connectivity index (χ4n) is 3.30. The monoisotopic (exact) mass is 475 g/mol. The molecule has 31 heavy (non-hydrogen) atoms. The van der Waals surface area contributed by atoms with E-state index in [1.54, 1.807) is 0 Å². The molecule has 1 N–H and O–H groups in total. The van der Waals surface area contributed by atoms with E-state index in [1.807, 2.05) is 97.9 Å². The highest BCUT2D eigenvalue weighted by Crippen LogP contribution is 2.33. The summed E-state index contributed by atoms with van der Waals surface area (Å²) in [7, 11) is 0. The van der Waals surface area contributed by atoms with Gasteiger partial charge in [-0.2, -0.15) is 0 Å². The van der Waals surface area contributed by atoms with E-state index in [4.69, 9.17) is 9.26 Å². The number of aliphatic hydroxyl groups excluding tert-OH is 1. The van der Waals surface area contributed by atoms with Gasteiger partial charge in [0.25, 0.3) is 0 Å². The largest absolute Gasteiger partial charge is 0.457 e. The topological polar surface area (TPSA) is 55.5 Å². The van der Waals surface area contributed by atoms with E-state index in [1.165, 1.54) is 0 Å². The molecule has 0 bridgehead atoms. The van der Waals surface area contributed by atoms with E-state index in [2.05, 4.69) is 21.1 Å². The number of ether oxygens (including phenoxy) is 1. The van der Waals surface area contributed by atoms with Crippen molar-refractivity contribution in [2.24, 2.45) is 0 Å². The molecule has 0 amide bonds. The van der Waals surface area contributed by atoms with Crippen LogP contribution in [-0.2, 0) is 0 Å². The molecule has 0 saturated heterocycles. The lowest BCUT2D eigenvalue weighted by atomic mass is 10.00. The van der Waals surface area contributed by atoms with Gasteiger partial charge in [-0.25, -0.2) is 0 Å². The highest BCUT2D eigenvalue weighted by molar-refractivity contribution is 9.10. The van der Waals surface area contributed by atoms with Crippen molar-refractivity contribution in [2.75, 3.05) is 0 Å². The van der Waals surface area contributed by atoms with Crippen LogP contribution in [0.4, 0.5) is 0 Å². The molecule has 0 radical (unpaired) electrons. The third-order valence-electron chi connectivity index (χ3n) is 4.88. The van der Waals surface area contributed by atoms with Gasteiger partial charge in [-0.05, 0) is 55.3 Å². The first-order valence-corrected chi connectivity index (χ1v) is 10.8. The Bertz CT molecular complexity index is 1150. The van der Waals surface area contributed by atoms with Crippen molar-refractivity contribution >= 4 is 22.0 Å². The van der Waals surface area contributed by atoms with Crippen molar-refractivity contribution in [3.05, 3.63) is 106 Å². The summed E-state index contributed by atoms with van der Waals surface area (Å²) in [6.07, 6.45) is 3.68. The van der Waals surface area contributed by atoms with Crippen LogP contribution in [0.3, 0.4) is 0 Å². The summed E-state index contributed by atoms with van der Waals surface area (Å²) in [6.45, 7) is 1.85. The fourth-order valence-corrected chi connectivity index (χ4v) is 3.57. The van der Waals surface area contributed by atoms with Crippen molar-refractivity contribution in [3.63, 3.8) is 0 Å². The number of hydrogen-bond donors (Lipinski definition) is 1. The van der Waals surface area contributed by atoms with Gasteiger partial charge >= 0.3 is 0 Å². The van der Waals surface area contributed by atoms with Crippen LogP contribution < -0.4 is 4.74 Å². The zero-order valence-electron chi connectivity index (χ0n) is 17.0. The van der Waals surface area contributed by atoms with Crippen molar-refractivity contribution in [1.29, 1.82) is 0 Å². The van der Waals surface area contributed by atoms with Gasteiger partial charge in [0, 0.05) is 10.0 Å². The molecule has 4 aromatic rings. The zero-order valence-corrected chi connectivity index (χ0v) is 18.6. The number of para-hydroxylation sites is 1. The summed E-state index contributed by atoms with van der Waals surface area (Å²) >= 11 is 3.44. The second-order valence-electron chi connectivity index (χ2n) is 7.16. The van der Waals surface area contributed by atoms with E-state index < -0.39 is 6.10 Å². The number of aromatic nitrogens is 1. The smallest absolute Gasteiger partial charge is 0.172 e. The maximum atomic E-state index is 10.8. The number of nitrogens with zero attached hydrogens (tertiary/aromatic N) is 1. The first kappa shape index (κ1) is 21.1. The summed E-state index contributed by atoms with van der Waals surface area (Å²) in [5.74, 6) is 2.19. The summed E-state index contributed by atoms with van der Waals surface area (Å²) < 4.78 is 12.3. The van der Waals surface area contributed by atoms with Crippen molar-refractivity contribution in [1.82, 2.24) is 5.16 Å². The maximum Gasteiger partial charge on any atom is 0.172 e. The van der Waals surface area contributed by atoms with Gasteiger partial charge in [0.15, 0.2) is 5.76 Å². The molecule has 4 nitrogen and oxygen atoms in total.